The van der Waals surface area contributed by atoms with Crippen molar-refractivity contribution in [3.63, 3.8) is 0 Å². The lowest BCUT2D eigenvalue weighted by Gasteiger charge is -2.36. The van der Waals surface area contributed by atoms with E-state index >= 15 is 0 Å². The Morgan fingerprint density at radius 3 is 2.68 bits per heavy atom. The number of aromatic nitrogens is 4. The Balaban J connectivity index is 1.32. The summed E-state index contributed by atoms with van der Waals surface area (Å²) in [6.07, 6.45) is 7.77. The zero-order valence-electron chi connectivity index (χ0n) is 14.2. The van der Waals surface area contributed by atoms with Crippen LogP contribution in [0.3, 0.4) is 0 Å². The number of hydrogen-bond donors (Lipinski definition) is 0. The third-order valence-electron chi connectivity index (χ3n) is 5.37. The zero-order chi connectivity index (χ0) is 16.8. The molecule has 8 heteroatoms. The predicted octanol–water partition coefficient (Wildman–Crippen LogP) is 0.829. The number of ether oxygens (including phenoxy) is 1. The highest BCUT2D eigenvalue weighted by atomic mass is 16.5. The van der Waals surface area contributed by atoms with Crippen molar-refractivity contribution in [3.8, 4) is 0 Å². The van der Waals surface area contributed by atoms with Gasteiger partial charge in [0.1, 0.15) is 11.9 Å². The Bertz CT molecular complexity index is 788. The fourth-order valence-electron chi connectivity index (χ4n) is 3.79. The highest BCUT2D eigenvalue weighted by molar-refractivity contribution is 5.81. The van der Waals surface area contributed by atoms with Crippen LogP contribution in [-0.2, 0) is 9.53 Å². The summed E-state index contributed by atoms with van der Waals surface area (Å²) in [6, 6.07) is 0. The molecule has 2 aromatic heterocycles. The molecule has 4 heterocycles. The molecule has 3 aliphatic rings. The molecule has 1 amide bonds. The third-order valence-corrected chi connectivity index (χ3v) is 5.37. The van der Waals surface area contributed by atoms with Crippen molar-refractivity contribution >= 4 is 17.4 Å². The highest BCUT2D eigenvalue weighted by Crippen LogP contribution is 2.39. The molecule has 2 aliphatic heterocycles. The summed E-state index contributed by atoms with van der Waals surface area (Å²) in [5, 5.41) is 8.75. The summed E-state index contributed by atoms with van der Waals surface area (Å²) < 4.78 is 7.60. The number of nitrogens with zero attached hydrogens (tertiary/aromatic N) is 6. The topological polar surface area (TPSA) is 75.9 Å². The highest BCUT2D eigenvalue weighted by Gasteiger charge is 2.32. The molecule has 8 nitrogen and oxygen atoms in total. The van der Waals surface area contributed by atoms with Crippen LogP contribution in [0.25, 0.3) is 5.65 Å². The number of carbonyl (C=O) groups is 1. The van der Waals surface area contributed by atoms with Gasteiger partial charge in [-0.25, -0.2) is 4.98 Å². The number of anilines is 1. The first-order valence-electron chi connectivity index (χ1n) is 9.16. The van der Waals surface area contributed by atoms with E-state index in [1.165, 1.54) is 12.8 Å². The van der Waals surface area contributed by atoms with Gasteiger partial charge >= 0.3 is 0 Å². The van der Waals surface area contributed by atoms with Crippen molar-refractivity contribution in [2.75, 3.05) is 37.7 Å². The lowest BCUT2D eigenvalue weighted by Crippen LogP contribution is -2.51. The fourth-order valence-corrected chi connectivity index (χ4v) is 3.79. The number of fused-ring (bicyclic) bond motifs is 1. The van der Waals surface area contributed by atoms with Gasteiger partial charge in [0.2, 0.25) is 5.65 Å². The largest absolute Gasteiger partial charge is 0.368 e. The Kier molecular flexibility index (Phi) is 3.58. The van der Waals surface area contributed by atoms with Crippen molar-refractivity contribution in [2.24, 2.45) is 0 Å². The van der Waals surface area contributed by atoms with Crippen LogP contribution in [0.2, 0.25) is 0 Å². The molecule has 0 bridgehead atoms. The number of rotatable bonds is 3. The Morgan fingerprint density at radius 1 is 1.12 bits per heavy atom. The van der Waals surface area contributed by atoms with Gasteiger partial charge in [-0.05, 0) is 25.7 Å². The predicted molar refractivity (Wildman–Crippen MR) is 90.5 cm³/mol. The summed E-state index contributed by atoms with van der Waals surface area (Å²) >= 11 is 0. The van der Waals surface area contributed by atoms with Crippen LogP contribution in [0, 0.1) is 0 Å². The first-order valence-corrected chi connectivity index (χ1v) is 9.16. The summed E-state index contributed by atoms with van der Waals surface area (Å²) in [4.78, 5) is 21.2. The molecule has 1 unspecified atom stereocenters. The van der Waals surface area contributed by atoms with Crippen LogP contribution in [-0.4, -0.2) is 69.3 Å². The molecule has 2 saturated heterocycles. The molecule has 0 N–H and O–H groups in total. The van der Waals surface area contributed by atoms with Crippen molar-refractivity contribution in [1.82, 2.24) is 24.5 Å². The molecule has 3 fully saturated rings. The van der Waals surface area contributed by atoms with E-state index < -0.39 is 0 Å². The molecule has 5 rings (SSSR count). The van der Waals surface area contributed by atoms with Gasteiger partial charge in [-0.1, -0.05) is 0 Å². The molecule has 1 aliphatic carbocycles. The van der Waals surface area contributed by atoms with Crippen LogP contribution in [0.5, 0.6) is 0 Å². The fraction of sp³-hybridized carbons (Fsp3) is 0.647. The summed E-state index contributed by atoms with van der Waals surface area (Å²) in [7, 11) is 0. The smallest absolute Gasteiger partial charge is 0.251 e. The minimum absolute atomic E-state index is 0.141. The quantitative estimate of drug-likeness (QED) is 0.822. The Hall–Kier alpha value is -2.22. The molecule has 0 radical (unpaired) electrons. The van der Waals surface area contributed by atoms with Crippen LogP contribution in [0.1, 0.15) is 37.4 Å². The maximum atomic E-state index is 12.5. The van der Waals surface area contributed by atoms with Crippen molar-refractivity contribution < 1.29 is 9.53 Å². The molecular formula is C17H22N6O2. The van der Waals surface area contributed by atoms with Crippen LogP contribution in [0.15, 0.2) is 12.4 Å². The third kappa shape index (κ3) is 2.64. The maximum absolute atomic E-state index is 12.5. The average molecular weight is 342 g/mol. The van der Waals surface area contributed by atoms with E-state index in [2.05, 4.69) is 24.5 Å². The second kappa shape index (κ2) is 5.94. The number of carbonyl (C=O) groups excluding carboxylic acids is 1. The summed E-state index contributed by atoms with van der Waals surface area (Å²) in [5.41, 5.74) is 0.823. The zero-order valence-corrected chi connectivity index (χ0v) is 14.2. The van der Waals surface area contributed by atoms with E-state index in [-0.39, 0.29) is 12.0 Å². The van der Waals surface area contributed by atoms with Crippen LogP contribution in [0.4, 0.5) is 5.82 Å². The maximum Gasteiger partial charge on any atom is 0.251 e. The van der Waals surface area contributed by atoms with Gasteiger partial charge in [-0.3, -0.25) is 9.20 Å². The molecular weight excluding hydrogens is 320 g/mol. The van der Waals surface area contributed by atoms with E-state index in [4.69, 9.17) is 4.74 Å². The second-order valence-corrected chi connectivity index (χ2v) is 7.09. The van der Waals surface area contributed by atoms with Gasteiger partial charge in [0, 0.05) is 51.1 Å². The van der Waals surface area contributed by atoms with E-state index in [1.54, 1.807) is 0 Å². The Labute approximate surface area is 145 Å². The number of hydrogen-bond acceptors (Lipinski definition) is 6. The molecule has 0 spiro atoms. The van der Waals surface area contributed by atoms with Gasteiger partial charge < -0.3 is 14.5 Å². The lowest BCUT2D eigenvalue weighted by atomic mass is 10.2. The summed E-state index contributed by atoms with van der Waals surface area (Å²) in [6.45, 7) is 3.63. The monoisotopic (exact) mass is 342 g/mol. The van der Waals surface area contributed by atoms with Crippen molar-refractivity contribution in [2.45, 2.75) is 37.7 Å². The standard InChI is InChI=1S/C17H22N6O2/c24-17(13-2-1-11-25-13)22-9-7-21(8-10-22)15-16-20-19-14(12-3-4-12)23(16)6-5-18-15/h5-6,12-13H,1-4,7-11H2. The van der Waals surface area contributed by atoms with Crippen molar-refractivity contribution in [1.29, 1.82) is 0 Å². The average Bonchev–Trinajstić information content (AvgIpc) is 3.19. The normalized spacial score (nSPS) is 24.2. The minimum Gasteiger partial charge on any atom is -0.368 e. The van der Waals surface area contributed by atoms with Gasteiger partial charge in [0.25, 0.3) is 5.91 Å². The summed E-state index contributed by atoms with van der Waals surface area (Å²) in [5.74, 6) is 2.60. The van der Waals surface area contributed by atoms with E-state index in [1.807, 2.05) is 17.3 Å². The Morgan fingerprint density at radius 2 is 1.96 bits per heavy atom. The second-order valence-electron chi connectivity index (χ2n) is 7.09. The van der Waals surface area contributed by atoms with E-state index in [0.29, 0.717) is 25.6 Å². The molecule has 1 atom stereocenters. The van der Waals surface area contributed by atoms with E-state index in [9.17, 15) is 4.79 Å². The molecule has 25 heavy (non-hydrogen) atoms. The molecule has 2 aromatic rings. The SMILES string of the molecule is O=C(C1CCCO1)N1CCN(c2nccn3c(C4CC4)nnc23)CC1. The molecule has 132 valence electrons. The van der Waals surface area contributed by atoms with E-state index in [0.717, 1.165) is 43.2 Å². The van der Waals surface area contributed by atoms with Crippen molar-refractivity contribution in [3.05, 3.63) is 18.2 Å². The van der Waals surface area contributed by atoms with Gasteiger partial charge in [-0.2, -0.15) is 0 Å². The minimum atomic E-state index is -0.231. The van der Waals surface area contributed by atoms with Gasteiger partial charge in [-0.15, -0.1) is 10.2 Å². The molecule has 1 saturated carbocycles. The lowest BCUT2D eigenvalue weighted by molar-refractivity contribution is -0.141. The molecule has 0 aromatic carbocycles. The first kappa shape index (κ1) is 15.1. The number of amides is 1. The van der Waals surface area contributed by atoms with Crippen LogP contribution >= 0.6 is 0 Å². The van der Waals surface area contributed by atoms with Gasteiger partial charge in [0.05, 0.1) is 0 Å². The number of piperazine rings is 1. The first-order chi connectivity index (χ1) is 12.3. The van der Waals surface area contributed by atoms with Gasteiger partial charge in [0.15, 0.2) is 5.82 Å². The van der Waals surface area contributed by atoms with Crippen LogP contribution < -0.4 is 4.90 Å².